The van der Waals surface area contributed by atoms with Crippen LogP contribution in [-0.2, 0) is 0 Å². The predicted octanol–water partition coefficient (Wildman–Crippen LogP) is 2.56. The van der Waals surface area contributed by atoms with Crippen molar-refractivity contribution >= 4 is 11.8 Å². The van der Waals surface area contributed by atoms with E-state index < -0.39 is 6.09 Å². The van der Waals surface area contributed by atoms with Crippen LogP contribution in [-0.4, -0.2) is 17.3 Å². The Labute approximate surface area is 82.5 Å². The van der Waals surface area contributed by atoms with E-state index in [1.54, 1.807) is 24.3 Å². The molecule has 4 heteroatoms. The Hall–Kier alpha value is -1.71. The molecule has 0 aliphatic carbocycles. The van der Waals surface area contributed by atoms with Gasteiger partial charge in [-0.05, 0) is 26.0 Å². The summed E-state index contributed by atoms with van der Waals surface area (Å²) < 4.78 is 5.42. The number of benzene rings is 1. The van der Waals surface area contributed by atoms with Gasteiger partial charge < -0.3 is 9.84 Å². The topological polar surface area (TPSA) is 58.6 Å². The summed E-state index contributed by atoms with van der Waals surface area (Å²) >= 11 is 0. The molecule has 0 atom stereocenters. The molecule has 0 radical (unpaired) electrons. The van der Waals surface area contributed by atoms with E-state index in [1.165, 1.54) is 0 Å². The molecule has 1 aromatic carbocycles. The average molecular weight is 195 g/mol. The lowest BCUT2D eigenvalue weighted by atomic mass is 10.3. The number of nitrogens with one attached hydrogen (secondary N) is 1. The Balaban J connectivity index is 2.85. The summed E-state index contributed by atoms with van der Waals surface area (Å²) in [6, 6.07) is 6.93. The lowest BCUT2D eigenvalue weighted by Crippen LogP contribution is -2.11. The van der Waals surface area contributed by atoms with Crippen LogP contribution < -0.4 is 10.1 Å². The molecule has 0 saturated carbocycles. The third kappa shape index (κ3) is 2.97. The second kappa shape index (κ2) is 4.50. The van der Waals surface area contributed by atoms with E-state index >= 15 is 0 Å². The molecule has 0 fully saturated rings. The Kier molecular flexibility index (Phi) is 3.34. The van der Waals surface area contributed by atoms with Crippen molar-refractivity contribution in [1.82, 2.24) is 0 Å². The summed E-state index contributed by atoms with van der Waals surface area (Å²) in [4.78, 5) is 10.4. The minimum Gasteiger partial charge on any atom is -0.489 e. The Morgan fingerprint density at radius 3 is 2.64 bits per heavy atom. The van der Waals surface area contributed by atoms with Gasteiger partial charge in [0.15, 0.2) is 0 Å². The first-order chi connectivity index (χ1) is 6.59. The molecule has 0 unspecified atom stereocenters. The van der Waals surface area contributed by atoms with Crippen LogP contribution >= 0.6 is 0 Å². The molecule has 0 heterocycles. The number of carboxylic acid groups (broad SMARTS) is 1. The molecule has 1 amide bonds. The molecule has 0 spiro atoms. The second-order valence-electron chi connectivity index (χ2n) is 3.09. The van der Waals surface area contributed by atoms with Crippen molar-refractivity contribution in [1.29, 1.82) is 0 Å². The van der Waals surface area contributed by atoms with Gasteiger partial charge in [-0.25, -0.2) is 4.79 Å². The van der Waals surface area contributed by atoms with Crippen LogP contribution in [0.4, 0.5) is 10.5 Å². The van der Waals surface area contributed by atoms with Gasteiger partial charge in [0, 0.05) is 0 Å². The first-order valence-electron chi connectivity index (χ1n) is 4.35. The fraction of sp³-hybridized carbons (Fsp3) is 0.300. The summed E-state index contributed by atoms with van der Waals surface area (Å²) in [6.45, 7) is 3.77. The minimum atomic E-state index is -1.09. The highest BCUT2D eigenvalue weighted by molar-refractivity contribution is 5.85. The van der Waals surface area contributed by atoms with E-state index in [9.17, 15) is 4.79 Å². The maximum absolute atomic E-state index is 10.4. The number of para-hydroxylation sites is 2. The number of carbonyl (C=O) groups is 1. The molecule has 0 aromatic heterocycles. The molecule has 0 aliphatic heterocycles. The van der Waals surface area contributed by atoms with Gasteiger partial charge in [-0.3, -0.25) is 5.32 Å². The maximum atomic E-state index is 10.4. The van der Waals surface area contributed by atoms with E-state index in [-0.39, 0.29) is 6.10 Å². The third-order valence-electron chi connectivity index (χ3n) is 1.49. The third-order valence-corrected chi connectivity index (χ3v) is 1.49. The van der Waals surface area contributed by atoms with Crippen molar-refractivity contribution in [3.8, 4) is 5.75 Å². The zero-order valence-electron chi connectivity index (χ0n) is 8.15. The van der Waals surface area contributed by atoms with Crippen LogP contribution in [0, 0.1) is 0 Å². The number of ether oxygens (including phenoxy) is 1. The van der Waals surface area contributed by atoms with Crippen molar-refractivity contribution in [2.45, 2.75) is 20.0 Å². The smallest absolute Gasteiger partial charge is 0.409 e. The zero-order chi connectivity index (χ0) is 10.6. The molecule has 4 nitrogen and oxygen atoms in total. The summed E-state index contributed by atoms with van der Waals surface area (Å²) in [5.74, 6) is 0.546. The molecular formula is C10H13NO3. The standard InChI is InChI=1S/C10H13NO3/c1-7(2)14-9-6-4-3-5-8(9)11-10(12)13/h3-7,11H,1-2H3,(H,12,13). The highest BCUT2D eigenvalue weighted by Gasteiger charge is 2.06. The fourth-order valence-corrected chi connectivity index (χ4v) is 1.04. The van der Waals surface area contributed by atoms with Crippen molar-refractivity contribution < 1.29 is 14.6 Å². The number of hydrogen-bond acceptors (Lipinski definition) is 2. The van der Waals surface area contributed by atoms with E-state index in [1.807, 2.05) is 13.8 Å². The van der Waals surface area contributed by atoms with Gasteiger partial charge in [-0.1, -0.05) is 12.1 Å². The van der Waals surface area contributed by atoms with Crippen LogP contribution in [0.3, 0.4) is 0 Å². The number of hydrogen-bond donors (Lipinski definition) is 2. The van der Waals surface area contributed by atoms with Gasteiger partial charge in [-0.15, -0.1) is 0 Å². The predicted molar refractivity (Wildman–Crippen MR) is 53.9 cm³/mol. The summed E-state index contributed by atoms with van der Waals surface area (Å²) in [7, 11) is 0. The Morgan fingerprint density at radius 2 is 2.07 bits per heavy atom. The molecule has 0 saturated heterocycles. The average Bonchev–Trinajstić information content (AvgIpc) is 2.06. The lowest BCUT2D eigenvalue weighted by molar-refractivity contribution is 0.209. The Morgan fingerprint density at radius 1 is 1.43 bits per heavy atom. The Bertz CT molecular complexity index is 323. The van der Waals surface area contributed by atoms with E-state index in [4.69, 9.17) is 9.84 Å². The number of anilines is 1. The number of rotatable bonds is 3. The van der Waals surface area contributed by atoms with Gasteiger partial charge >= 0.3 is 6.09 Å². The number of amides is 1. The molecule has 0 bridgehead atoms. The van der Waals surface area contributed by atoms with Crippen molar-refractivity contribution in [2.75, 3.05) is 5.32 Å². The van der Waals surface area contributed by atoms with E-state index in [0.717, 1.165) is 0 Å². The van der Waals surface area contributed by atoms with Crippen molar-refractivity contribution in [3.05, 3.63) is 24.3 Å². The quantitative estimate of drug-likeness (QED) is 0.779. The van der Waals surface area contributed by atoms with Gasteiger partial charge in [0.2, 0.25) is 0 Å². The van der Waals surface area contributed by atoms with Crippen LogP contribution in [0.25, 0.3) is 0 Å². The zero-order valence-corrected chi connectivity index (χ0v) is 8.15. The van der Waals surface area contributed by atoms with Crippen LogP contribution in [0.15, 0.2) is 24.3 Å². The molecule has 2 N–H and O–H groups in total. The summed E-state index contributed by atoms with van der Waals surface area (Å²) in [6.07, 6.45) is -1.07. The first-order valence-corrected chi connectivity index (χ1v) is 4.35. The maximum Gasteiger partial charge on any atom is 0.409 e. The van der Waals surface area contributed by atoms with E-state index in [2.05, 4.69) is 5.32 Å². The fourth-order valence-electron chi connectivity index (χ4n) is 1.04. The van der Waals surface area contributed by atoms with Gasteiger partial charge in [0.05, 0.1) is 11.8 Å². The van der Waals surface area contributed by atoms with Crippen LogP contribution in [0.5, 0.6) is 5.75 Å². The molecule has 1 aromatic rings. The minimum absolute atomic E-state index is 0.0201. The molecule has 76 valence electrons. The largest absolute Gasteiger partial charge is 0.489 e. The SMILES string of the molecule is CC(C)Oc1ccccc1NC(=O)O. The normalized spacial score (nSPS) is 9.93. The highest BCUT2D eigenvalue weighted by Crippen LogP contribution is 2.24. The molecule has 0 aliphatic rings. The summed E-state index contributed by atoms with van der Waals surface area (Å²) in [5.41, 5.74) is 0.466. The van der Waals surface area contributed by atoms with Crippen LogP contribution in [0.1, 0.15) is 13.8 Å². The van der Waals surface area contributed by atoms with Gasteiger partial charge in [-0.2, -0.15) is 0 Å². The van der Waals surface area contributed by atoms with Crippen molar-refractivity contribution in [3.63, 3.8) is 0 Å². The molecule has 14 heavy (non-hydrogen) atoms. The van der Waals surface area contributed by atoms with E-state index in [0.29, 0.717) is 11.4 Å². The highest BCUT2D eigenvalue weighted by atomic mass is 16.5. The van der Waals surface area contributed by atoms with Crippen molar-refractivity contribution in [2.24, 2.45) is 0 Å². The second-order valence-corrected chi connectivity index (χ2v) is 3.09. The molecular weight excluding hydrogens is 182 g/mol. The summed E-state index contributed by atoms with van der Waals surface area (Å²) in [5, 5.41) is 10.8. The van der Waals surface area contributed by atoms with Gasteiger partial charge in [0.1, 0.15) is 5.75 Å². The van der Waals surface area contributed by atoms with Crippen LogP contribution in [0.2, 0.25) is 0 Å². The molecule has 1 rings (SSSR count). The first kappa shape index (κ1) is 10.4. The van der Waals surface area contributed by atoms with Gasteiger partial charge in [0.25, 0.3) is 0 Å². The monoisotopic (exact) mass is 195 g/mol. The lowest BCUT2D eigenvalue weighted by Gasteiger charge is -2.13.